The summed E-state index contributed by atoms with van der Waals surface area (Å²) in [7, 11) is 1.90. The van der Waals surface area contributed by atoms with Crippen LogP contribution in [0.25, 0.3) is 0 Å². The summed E-state index contributed by atoms with van der Waals surface area (Å²) in [5, 5.41) is 3.03. The standard InChI is InChI=1S/C20H22F2N4O2/c1-25-8-6-17(18(25)13-2-3-15(21)16(22)10-13)24-20(28)26-9-5-12-4-7-23-19(27)14(12)11-26/h2-4,7,10,17-18H,5-6,8-9,11H2,1H3,(H,23,27)(H,24,28). The molecule has 2 aromatic rings. The number of likely N-dealkylation sites (N-methyl/N-ethyl adjacent to an activating group) is 1. The molecule has 28 heavy (non-hydrogen) atoms. The fourth-order valence-corrected chi connectivity index (χ4v) is 4.19. The summed E-state index contributed by atoms with van der Waals surface area (Å²) in [4.78, 5) is 31.2. The quantitative estimate of drug-likeness (QED) is 0.829. The molecule has 2 aliphatic rings. The lowest BCUT2D eigenvalue weighted by Crippen LogP contribution is -2.49. The van der Waals surface area contributed by atoms with E-state index < -0.39 is 11.6 Å². The van der Waals surface area contributed by atoms with Gasteiger partial charge in [0.15, 0.2) is 11.6 Å². The second-order valence-electron chi connectivity index (χ2n) is 7.43. The number of nitrogens with one attached hydrogen (secondary N) is 2. The van der Waals surface area contributed by atoms with E-state index >= 15 is 0 Å². The van der Waals surface area contributed by atoms with Crippen LogP contribution in [0.2, 0.25) is 0 Å². The maximum Gasteiger partial charge on any atom is 0.317 e. The molecule has 2 amide bonds. The Bertz CT molecular complexity index is 961. The normalized spacial score (nSPS) is 22.2. The second-order valence-corrected chi connectivity index (χ2v) is 7.43. The van der Waals surface area contributed by atoms with Crippen molar-refractivity contribution in [2.24, 2.45) is 0 Å². The molecule has 3 heterocycles. The van der Waals surface area contributed by atoms with E-state index in [0.717, 1.165) is 18.2 Å². The van der Waals surface area contributed by atoms with Gasteiger partial charge in [0, 0.05) is 24.8 Å². The van der Waals surface area contributed by atoms with Gasteiger partial charge in [-0.25, -0.2) is 13.6 Å². The van der Waals surface area contributed by atoms with Crippen molar-refractivity contribution in [1.29, 1.82) is 0 Å². The molecule has 1 aromatic heterocycles. The highest BCUT2D eigenvalue weighted by Gasteiger charge is 2.35. The number of urea groups is 1. The van der Waals surface area contributed by atoms with Crippen LogP contribution in [-0.2, 0) is 13.0 Å². The summed E-state index contributed by atoms with van der Waals surface area (Å²) in [6.07, 6.45) is 2.96. The Labute approximate surface area is 161 Å². The molecule has 0 bridgehead atoms. The van der Waals surface area contributed by atoms with Crippen LogP contribution in [0, 0.1) is 11.6 Å². The van der Waals surface area contributed by atoms with Crippen LogP contribution < -0.4 is 10.9 Å². The fourth-order valence-electron chi connectivity index (χ4n) is 4.19. The molecule has 1 fully saturated rings. The third-order valence-electron chi connectivity index (χ3n) is 5.69. The third kappa shape index (κ3) is 3.40. The summed E-state index contributed by atoms with van der Waals surface area (Å²) < 4.78 is 27.0. The van der Waals surface area contributed by atoms with E-state index in [4.69, 9.17) is 0 Å². The summed E-state index contributed by atoms with van der Waals surface area (Å²) in [5.41, 5.74) is 2.04. The molecule has 0 spiro atoms. The van der Waals surface area contributed by atoms with Gasteiger partial charge in [0.25, 0.3) is 5.56 Å². The number of fused-ring (bicyclic) bond motifs is 1. The Morgan fingerprint density at radius 2 is 2.04 bits per heavy atom. The number of aromatic nitrogens is 1. The van der Waals surface area contributed by atoms with Gasteiger partial charge in [-0.05, 0) is 49.2 Å². The molecule has 2 N–H and O–H groups in total. The number of H-pyrrole nitrogens is 1. The molecule has 8 heteroatoms. The van der Waals surface area contributed by atoms with Gasteiger partial charge < -0.3 is 15.2 Å². The first-order valence-electron chi connectivity index (χ1n) is 9.34. The molecular weight excluding hydrogens is 366 g/mol. The van der Waals surface area contributed by atoms with Crippen molar-refractivity contribution in [3.63, 3.8) is 0 Å². The summed E-state index contributed by atoms with van der Waals surface area (Å²) in [5.74, 6) is -1.78. The van der Waals surface area contributed by atoms with Crippen molar-refractivity contribution in [1.82, 2.24) is 20.1 Å². The highest BCUT2D eigenvalue weighted by Crippen LogP contribution is 2.32. The van der Waals surface area contributed by atoms with Gasteiger partial charge in [0.1, 0.15) is 0 Å². The van der Waals surface area contributed by atoms with Gasteiger partial charge in [-0.3, -0.25) is 9.69 Å². The van der Waals surface area contributed by atoms with E-state index in [0.29, 0.717) is 30.5 Å². The largest absolute Gasteiger partial charge is 0.333 e. The van der Waals surface area contributed by atoms with Gasteiger partial charge >= 0.3 is 6.03 Å². The van der Waals surface area contributed by atoms with Crippen molar-refractivity contribution in [2.45, 2.75) is 31.5 Å². The minimum absolute atomic E-state index is 0.171. The number of pyridine rings is 1. The van der Waals surface area contributed by atoms with Crippen LogP contribution in [0.1, 0.15) is 29.2 Å². The van der Waals surface area contributed by atoms with Crippen LogP contribution in [0.3, 0.4) is 0 Å². The molecule has 0 saturated carbocycles. The molecule has 1 saturated heterocycles. The second kappa shape index (κ2) is 7.35. The number of likely N-dealkylation sites (tertiary alicyclic amines) is 1. The first kappa shape index (κ1) is 18.6. The van der Waals surface area contributed by atoms with Crippen molar-refractivity contribution in [2.75, 3.05) is 20.1 Å². The lowest BCUT2D eigenvalue weighted by molar-refractivity contribution is 0.183. The maximum absolute atomic E-state index is 13.7. The van der Waals surface area contributed by atoms with E-state index in [1.165, 1.54) is 6.07 Å². The van der Waals surface area contributed by atoms with E-state index in [1.54, 1.807) is 17.2 Å². The molecule has 0 radical (unpaired) electrons. The monoisotopic (exact) mass is 388 g/mol. The van der Waals surface area contributed by atoms with E-state index in [-0.39, 0.29) is 30.2 Å². The highest BCUT2D eigenvalue weighted by molar-refractivity contribution is 5.75. The number of hydrogen-bond donors (Lipinski definition) is 2. The van der Waals surface area contributed by atoms with Crippen molar-refractivity contribution in [3.8, 4) is 0 Å². The van der Waals surface area contributed by atoms with Gasteiger partial charge in [-0.15, -0.1) is 0 Å². The van der Waals surface area contributed by atoms with E-state index in [1.807, 2.05) is 18.0 Å². The Balaban J connectivity index is 1.50. The number of rotatable bonds is 2. The molecule has 2 atom stereocenters. The predicted molar refractivity (Wildman–Crippen MR) is 99.8 cm³/mol. The average Bonchev–Trinajstić information content (AvgIpc) is 3.04. The number of halogens is 2. The third-order valence-corrected chi connectivity index (χ3v) is 5.69. The van der Waals surface area contributed by atoms with Gasteiger partial charge in [-0.2, -0.15) is 0 Å². The number of nitrogens with zero attached hydrogens (tertiary/aromatic N) is 2. The number of aromatic amines is 1. The number of carbonyl (C=O) groups excluding carboxylic acids is 1. The van der Waals surface area contributed by atoms with Crippen LogP contribution in [0.15, 0.2) is 35.3 Å². The molecule has 4 rings (SSSR count). The van der Waals surface area contributed by atoms with Crippen LogP contribution in [-0.4, -0.2) is 47.0 Å². The van der Waals surface area contributed by atoms with Crippen LogP contribution in [0.5, 0.6) is 0 Å². The Kier molecular flexibility index (Phi) is 4.89. The smallest absolute Gasteiger partial charge is 0.317 e. The minimum Gasteiger partial charge on any atom is -0.333 e. The van der Waals surface area contributed by atoms with E-state index in [2.05, 4.69) is 10.3 Å². The Hall–Kier alpha value is -2.74. The highest BCUT2D eigenvalue weighted by atomic mass is 19.2. The predicted octanol–water partition coefficient (Wildman–Crippen LogP) is 2.17. The summed E-state index contributed by atoms with van der Waals surface area (Å²) >= 11 is 0. The first-order valence-corrected chi connectivity index (χ1v) is 9.34. The molecule has 1 aromatic carbocycles. The molecule has 148 valence electrons. The number of benzene rings is 1. The van der Waals surface area contributed by atoms with Gasteiger partial charge in [0.2, 0.25) is 0 Å². The fraction of sp³-hybridized carbons (Fsp3) is 0.400. The lowest BCUT2D eigenvalue weighted by Gasteiger charge is -2.31. The zero-order valence-electron chi connectivity index (χ0n) is 15.5. The number of amides is 2. The lowest BCUT2D eigenvalue weighted by atomic mass is 9.99. The Morgan fingerprint density at radius 3 is 2.82 bits per heavy atom. The minimum atomic E-state index is -0.894. The molecule has 0 aliphatic carbocycles. The van der Waals surface area contributed by atoms with Crippen LogP contribution >= 0.6 is 0 Å². The van der Waals surface area contributed by atoms with Crippen molar-refractivity contribution < 1.29 is 13.6 Å². The maximum atomic E-state index is 13.7. The van der Waals surface area contributed by atoms with E-state index in [9.17, 15) is 18.4 Å². The summed E-state index contributed by atoms with van der Waals surface area (Å²) in [6.45, 7) is 1.52. The van der Waals surface area contributed by atoms with Gasteiger partial charge in [0.05, 0.1) is 18.6 Å². The topological polar surface area (TPSA) is 68.4 Å². The van der Waals surface area contributed by atoms with Crippen LogP contribution in [0.4, 0.5) is 13.6 Å². The molecular formula is C20H22F2N4O2. The van der Waals surface area contributed by atoms with Crippen molar-refractivity contribution in [3.05, 3.63) is 69.1 Å². The van der Waals surface area contributed by atoms with Gasteiger partial charge in [-0.1, -0.05) is 6.07 Å². The SMILES string of the molecule is CN1CCC(NC(=O)N2CCc3cc[nH]c(=O)c3C2)C1c1ccc(F)c(F)c1. The number of carbonyl (C=O) groups is 1. The first-order chi connectivity index (χ1) is 13.4. The molecule has 6 nitrogen and oxygen atoms in total. The van der Waals surface area contributed by atoms with Crippen molar-refractivity contribution >= 4 is 6.03 Å². The molecule has 2 aliphatic heterocycles. The zero-order valence-corrected chi connectivity index (χ0v) is 15.5. The zero-order chi connectivity index (χ0) is 19.8. The average molecular weight is 388 g/mol. The number of hydrogen-bond acceptors (Lipinski definition) is 3. The summed E-state index contributed by atoms with van der Waals surface area (Å²) in [6, 6.07) is 5.03. The molecule has 2 unspecified atom stereocenters. The Morgan fingerprint density at radius 1 is 1.21 bits per heavy atom.